The van der Waals surface area contributed by atoms with Crippen LogP contribution < -0.4 is 5.32 Å². The molecule has 11 N–H and O–H groups in total. The Labute approximate surface area is 214 Å². The average Bonchev–Trinajstić information content (AvgIpc) is 2.87. The summed E-state index contributed by atoms with van der Waals surface area (Å²) in [7, 11) is 0. The van der Waals surface area contributed by atoms with Crippen LogP contribution in [0.5, 0.6) is 0 Å². The zero-order valence-electron chi connectivity index (χ0n) is 19.9. The van der Waals surface area contributed by atoms with E-state index in [-0.39, 0.29) is 0 Å². The number of carboxylic acids is 1. The number of nitrogens with one attached hydrogen (secondary N) is 1. The number of ether oxygens (including phenoxy) is 5. The maximum absolute atomic E-state index is 11.9. The molecule has 3 rings (SSSR count). The molecule has 0 spiro atoms. The smallest absolute Gasteiger partial charge is 0.335 e. The number of hydrogen-bond acceptors (Lipinski definition) is 16. The van der Waals surface area contributed by atoms with Crippen LogP contribution in [0, 0.1) is 0 Å². The molecule has 0 aliphatic carbocycles. The van der Waals surface area contributed by atoms with Crippen molar-refractivity contribution in [3.8, 4) is 0 Å². The van der Waals surface area contributed by atoms with E-state index in [0.29, 0.717) is 0 Å². The first kappa shape index (κ1) is 30.9. The molecule has 3 heterocycles. The number of rotatable bonds is 8. The molecule has 0 saturated carbocycles. The van der Waals surface area contributed by atoms with Crippen LogP contribution in [0.3, 0.4) is 0 Å². The number of hydrogen-bond donors (Lipinski definition) is 11. The molecular weight excluding hydrogens is 526 g/mol. The fourth-order valence-electron chi connectivity index (χ4n) is 4.43. The van der Waals surface area contributed by atoms with Gasteiger partial charge in [0.05, 0.1) is 13.2 Å². The minimum atomic E-state index is -2.07. The molecular formula is C20H33NO17. The van der Waals surface area contributed by atoms with Crippen molar-refractivity contribution in [1.82, 2.24) is 5.32 Å². The first-order chi connectivity index (χ1) is 17.8. The quantitative estimate of drug-likeness (QED) is 0.132. The minimum absolute atomic E-state index is 0.744. The van der Waals surface area contributed by atoms with Crippen molar-refractivity contribution >= 4 is 11.9 Å². The Morgan fingerprint density at radius 3 is 1.84 bits per heavy atom. The highest BCUT2D eigenvalue weighted by molar-refractivity contribution is 5.74. The predicted molar refractivity (Wildman–Crippen MR) is 113 cm³/mol. The van der Waals surface area contributed by atoms with Gasteiger partial charge in [0.15, 0.2) is 25.0 Å². The van der Waals surface area contributed by atoms with Crippen LogP contribution in [0.2, 0.25) is 0 Å². The van der Waals surface area contributed by atoms with Crippen LogP contribution in [0.4, 0.5) is 0 Å². The Kier molecular flexibility index (Phi) is 10.3. The van der Waals surface area contributed by atoms with E-state index in [1.165, 1.54) is 0 Å². The van der Waals surface area contributed by atoms with Gasteiger partial charge >= 0.3 is 5.97 Å². The highest BCUT2D eigenvalue weighted by atomic mass is 16.7. The Morgan fingerprint density at radius 1 is 0.711 bits per heavy atom. The van der Waals surface area contributed by atoms with E-state index in [1.54, 1.807) is 0 Å². The first-order valence-corrected chi connectivity index (χ1v) is 11.6. The third-order valence-corrected chi connectivity index (χ3v) is 6.46. The summed E-state index contributed by atoms with van der Waals surface area (Å²) in [5.74, 6) is -2.44. The van der Waals surface area contributed by atoms with Gasteiger partial charge < -0.3 is 80.1 Å². The van der Waals surface area contributed by atoms with Crippen LogP contribution in [0.25, 0.3) is 0 Å². The van der Waals surface area contributed by atoms with E-state index >= 15 is 0 Å². The summed E-state index contributed by atoms with van der Waals surface area (Å²) in [5.41, 5.74) is 0. The zero-order valence-corrected chi connectivity index (χ0v) is 19.9. The van der Waals surface area contributed by atoms with Gasteiger partial charge in [-0.15, -0.1) is 0 Å². The second kappa shape index (κ2) is 12.7. The topological polar surface area (TPSA) is 295 Å². The fourth-order valence-corrected chi connectivity index (χ4v) is 4.43. The van der Waals surface area contributed by atoms with Crippen molar-refractivity contribution in [2.75, 3.05) is 13.2 Å². The third-order valence-electron chi connectivity index (χ3n) is 6.46. The number of carboxylic acid groups (broad SMARTS) is 1. The molecule has 3 fully saturated rings. The molecule has 0 bridgehead atoms. The van der Waals surface area contributed by atoms with Gasteiger partial charge in [-0.05, 0) is 0 Å². The molecule has 3 aliphatic heterocycles. The van der Waals surface area contributed by atoms with E-state index < -0.39 is 117 Å². The predicted octanol–water partition coefficient (Wildman–Crippen LogP) is -7.34. The van der Waals surface area contributed by atoms with Crippen molar-refractivity contribution in [2.45, 2.75) is 99.0 Å². The van der Waals surface area contributed by atoms with Gasteiger partial charge in [0.25, 0.3) is 0 Å². The summed E-state index contributed by atoms with van der Waals surface area (Å²) < 4.78 is 26.6. The Balaban J connectivity index is 1.85. The molecule has 3 aliphatic rings. The monoisotopic (exact) mass is 559 g/mol. The Hall–Kier alpha value is -1.62. The summed E-state index contributed by atoms with van der Waals surface area (Å²) >= 11 is 0. The Bertz CT molecular complexity index is 816. The number of aliphatic hydroxyl groups excluding tert-OH is 9. The average molecular weight is 559 g/mol. The standard InChI is InChI=1S/C20H33NO17/c1-4(24)21-7-9(26)14(37-20-13(30)10(27)8(25)5(2-22)34-20)6(3-23)35-19(7)38-15-11(28)12(29)18(33)36-16(15)17(31)32/h5-16,18-20,22-23,25-30,33H,2-3H2,1H3,(H,21,24)(H,31,32)/t5-,6-,7-,8+,9-,10+,11-,12-,13-,14-,15+,16+,18+,19-,20+/m1/s1. The lowest BCUT2D eigenvalue weighted by molar-refractivity contribution is -0.362. The fraction of sp³-hybridized carbons (Fsp3) is 0.900. The van der Waals surface area contributed by atoms with Crippen molar-refractivity contribution in [2.24, 2.45) is 0 Å². The van der Waals surface area contributed by atoms with Crippen LogP contribution in [-0.4, -0.2) is 168 Å². The summed E-state index contributed by atoms with van der Waals surface area (Å²) in [4.78, 5) is 23.5. The van der Waals surface area contributed by atoms with Crippen molar-refractivity contribution in [1.29, 1.82) is 0 Å². The molecule has 1 amide bonds. The van der Waals surface area contributed by atoms with E-state index in [4.69, 9.17) is 23.7 Å². The van der Waals surface area contributed by atoms with Crippen molar-refractivity contribution in [3.63, 3.8) is 0 Å². The first-order valence-electron chi connectivity index (χ1n) is 11.6. The molecule has 15 atom stereocenters. The summed E-state index contributed by atoms with van der Waals surface area (Å²) in [5, 5.41) is 102. The van der Waals surface area contributed by atoms with Crippen molar-refractivity contribution < 1.29 is 84.3 Å². The lowest BCUT2D eigenvalue weighted by Crippen LogP contribution is -2.69. The van der Waals surface area contributed by atoms with E-state index in [0.717, 1.165) is 6.92 Å². The van der Waals surface area contributed by atoms with Crippen LogP contribution in [0.1, 0.15) is 6.92 Å². The molecule has 0 aromatic heterocycles. The highest BCUT2D eigenvalue weighted by Gasteiger charge is 2.54. The van der Waals surface area contributed by atoms with Crippen LogP contribution >= 0.6 is 0 Å². The maximum atomic E-state index is 11.9. The van der Waals surface area contributed by atoms with E-state index in [1.807, 2.05) is 0 Å². The molecule has 18 nitrogen and oxygen atoms in total. The van der Waals surface area contributed by atoms with Gasteiger partial charge in [-0.3, -0.25) is 4.79 Å². The number of carbonyl (C=O) groups is 2. The van der Waals surface area contributed by atoms with Gasteiger partial charge in [-0.25, -0.2) is 4.79 Å². The van der Waals surface area contributed by atoms with Gasteiger partial charge in [0.1, 0.15) is 67.1 Å². The SMILES string of the molecule is CC(=O)N[C@H]1[C@@H](O[C@H]2[C@H](O)[C@@H](O)[C@@H](O)O[C@@H]2C(=O)O)O[C@H](CO)[C@@H](O[C@@H]2O[C@H](CO)[C@H](O)[C@H](O)[C@H]2O)[C@@H]1O. The van der Waals surface area contributed by atoms with E-state index in [9.17, 15) is 60.7 Å². The summed E-state index contributed by atoms with van der Waals surface area (Å²) in [6.45, 7) is -0.618. The molecule has 3 saturated heterocycles. The second-order valence-corrected chi connectivity index (χ2v) is 9.11. The summed E-state index contributed by atoms with van der Waals surface area (Å²) in [6.07, 6.45) is -25.4. The van der Waals surface area contributed by atoms with Gasteiger partial charge in [0.2, 0.25) is 5.91 Å². The number of carbonyl (C=O) groups excluding carboxylic acids is 1. The number of amides is 1. The lowest BCUT2D eigenvalue weighted by atomic mass is 9.94. The molecule has 0 aromatic rings. The third kappa shape index (κ3) is 6.24. The second-order valence-electron chi connectivity index (χ2n) is 9.11. The molecule has 220 valence electrons. The Morgan fingerprint density at radius 2 is 1.29 bits per heavy atom. The zero-order chi connectivity index (χ0) is 28.5. The minimum Gasteiger partial charge on any atom is -0.479 e. The highest BCUT2D eigenvalue weighted by Crippen LogP contribution is 2.32. The largest absolute Gasteiger partial charge is 0.479 e. The maximum Gasteiger partial charge on any atom is 0.335 e. The van der Waals surface area contributed by atoms with Crippen LogP contribution in [-0.2, 0) is 33.3 Å². The van der Waals surface area contributed by atoms with Crippen LogP contribution in [0.15, 0.2) is 0 Å². The number of aliphatic hydroxyl groups is 9. The summed E-state index contributed by atoms with van der Waals surface area (Å²) in [6, 6.07) is -1.59. The van der Waals surface area contributed by atoms with Gasteiger partial charge in [-0.1, -0.05) is 0 Å². The normalized spacial score (nSPS) is 47.9. The van der Waals surface area contributed by atoms with E-state index in [2.05, 4.69) is 5.32 Å². The van der Waals surface area contributed by atoms with Gasteiger partial charge in [-0.2, -0.15) is 0 Å². The molecule has 0 aromatic carbocycles. The molecule has 18 heteroatoms. The lowest BCUT2D eigenvalue weighted by Gasteiger charge is -2.48. The molecule has 0 unspecified atom stereocenters. The molecule has 0 radical (unpaired) electrons. The molecule has 38 heavy (non-hydrogen) atoms. The number of aliphatic carboxylic acids is 1. The van der Waals surface area contributed by atoms with Gasteiger partial charge in [0, 0.05) is 6.92 Å². The van der Waals surface area contributed by atoms with Crippen molar-refractivity contribution in [3.05, 3.63) is 0 Å².